The van der Waals surface area contributed by atoms with Crippen molar-refractivity contribution in [1.82, 2.24) is 24.4 Å². The Morgan fingerprint density at radius 3 is 2.44 bits per heavy atom. The van der Waals surface area contributed by atoms with Gasteiger partial charge in [-0.2, -0.15) is 22.6 Å². The summed E-state index contributed by atoms with van der Waals surface area (Å²) in [7, 11) is -3.95. The molecule has 13 heteroatoms. The van der Waals surface area contributed by atoms with Gasteiger partial charge in [0.05, 0.1) is 22.5 Å². The van der Waals surface area contributed by atoms with Crippen molar-refractivity contribution >= 4 is 15.9 Å². The molecule has 1 atom stereocenters. The van der Waals surface area contributed by atoms with Gasteiger partial charge in [-0.05, 0) is 49.7 Å². The number of halogens is 4. The molecule has 0 spiro atoms. The molecule has 0 radical (unpaired) electrons. The lowest BCUT2D eigenvalue weighted by molar-refractivity contribution is -0.141. The van der Waals surface area contributed by atoms with Crippen molar-refractivity contribution in [1.29, 1.82) is 0 Å². The first kappa shape index (κ1) is 23.8. The third-order valence-corrected chi connectivity index (χ3v) is 7.37. The molecule has 1 fully saturated rings. The molecular weight excluding hydrogens is 478 g/mol. The van der Waals surface area contributed by atoms with Gasteiger partial charge in [-0.15, -0.1) is 0 Å². The maximum absolute atomic E-state index is 13.1. The van der Waals surface area contributed by atoms with E-state index in [1.165, 1.54) is 10.7 Å². The van der Waals surface area contributed by atoms with Gasteiger partial charge in [0, 0.05) is 24.8 Å². The first-order valence-electron chi connectivity index (χ1n) is 10.1. The Labute approximate surface area is 192 Å². The SMILES string of the molecule is Cc1nn(-c2ccc(C(F)(F)F)nc2)cc1CNC(=O)C1CCN1S(=O)(=O)c1ccc(F)cc1. The van der Waals surface area contributed by atoms with Crippen molar-refractivity contribution in [3.05, 3.63) is 71.6 Å². The normalized spacial score (nSPS) is 16.8. The van der Waals surface area contributed by atoms with Crippen LogP contribution in [-0.4, -0.2) is 46.0 Å². The van der Waals surface area contributed by atoms with Crippen LogP contribution in [0.25, 0.3) is 5.69 Å². The number of pyridine rings is 1. The average Bonchev–Trinajstić information content (AvgIpc) is 3.11. The summed E-state index contributed by atoms with van der Waals surface area (Å²) in [5, 5.41) is 6.91. The number of benzene rings is 1. The van der Waals surface area contributed by atoms with E-state index in [0.29, 0.717) is 23.4 Å². The van der Waals surface area contributed by atoms with Crippen LogP contribution in [0.5, 0.6) is 0 Å². The number of nitrogens with one attached hydrogen (secondary N) is 1. The molecule has 1 N–H and O–H groups in total. The summed E-state index contributed by atoms with van der Waals surface area (Å²) in [6.07, 6.45) is -1.62. The molecule has 180 valence electrons. The van der Waals surface area contributed by atoms with E-state index in [1.54, 1.807) is 13.1 Å². The fourth-order valence-corrected chi connectivity index (χ4v) is 5.08. The number of alkyl halides is 3. The summed E-state index contributed by atoms with van der Waals surface area (Å²) in [6, 6.07) is 5.54. The Kier molecular flexibility index (Phi) is 6.16. The average molecular weight is 497 g/mol. The third kappa shape index (κ3) is 4.66. The number of carbonyl (C=O) groups is 1. The van der Waals surface area contributed by atoms with Crippen LogP contribution in [-0.2, 0) is 27.5 Å². The van der Waals surface area contributed by atoms with Gasteiger partial charge in [-0.25, -0.2) is 22.5 Å². The number of aryl methyl sites for hydroxylation is 1. The lowest BCUT2D eigenvalue weighted by atomic mass is 10.1. The lowest BCUT2D eigenvalue weighted by Crippen LogP contribution is -2.57. The van der Waals surface area contributed by atoms with Crippen LogP contribution >= 0.6 is 0 Å². The zero-order chi connectivity index (χ0) is 24.7. The molecule has 4 rings (SSSR count). The number of hydrogen-bond donors (Lipinski definition) is 1. The van der Waals surface area contributed by atoms with Crippen molar-refractivity contribution < 1.29 is 30.8 Å². The molecule has 0 saturated carbocycles. The number of nitrogens with zero attached hydrogens (tertiary/aromatic N) is 4. The van der Waals surface area contributed by atoms with Gasteiger partial charge in [0.25, 0.3) is 0 Å². The predicted molar refractivity (Wildman–Crippen MR) is 112 cm³/mol. The Morgan fingerprint density at radius 2 is 1.88 bits per heavy atom. The quantitative estimate of drug-likeness (QED) is 0.529. The number of sulfonamides is 1. The highest BCUT2D eigenvalue weighted by atomic mass is 32.2. The monoisotopic (exact) mass is 497 g/mol. The fraction of sp³-hybridized carbons (Fsp3) is 0.286. The van der Waals surface area contributed by atoms with E-state index in [-0.39, 0.29) is 18.0 Å². The number of aromatic nitrogens is 3. The molecule has 1 saturated heterocycles. The molecule has 3 aromatic rings. The highest BCUT2D eigenvalue weighted by Gasteiger charge is 2.42. The molecule has 0 bridgehead atoms. The first-order chi connectivity index (χ1) is 16.0. The molecule has 1 aliphatic heterocycles. The highest BCUT2D eigenvalue weighted by molar-refractivity contribution is 7.89. The smallest absolute Gasteiger partial charge is 0.351 e. The molecule has 1 aliphatic rings. The van der Waals surface area contributed by atoms with Gasteiger partial charge in [0.2, 0.25) is 15.9 Å². The third-order valence-electron chi connectivity index (χ3n) is 5.45. The Hall–Kier alpha value is -3.32. The summed E-state index contributed by atoms with van der Waals surface area (Å²) >= 11 is 0. The van der Waals surface area contributed by atoms with Crippen LogP contribution in [0.3, 0.4) is 0 Å². The number of hydrogen-bond acceptors (Lipinski definition) is 5. The minimum Gasteiger partial charge on any atom is -0.351 e. The minimum absolute atomic E-state index is 0.0413. The van der Waals surface area contributed by atoms with Crippen LogP contribution in [0.2, 0.25) is 0 Å². The molecule has 2 aromatic heterocycles. The molecule has 3 heterocycles. The molecular formula is C21H19F4N5O3S. The Bertz CT molecular complexity index is 1310. The van der Waals surface area contributed by atoms with E-state index in [1.807, 2.05) is 0 Å². The maximum Gasteiger partial charge on any atom is 0.433 e. The first-order valence-corrected chi connectivity index (χ1v) is 11.5. The molecule has 34 heavy (non-hydrogen) atoms. The van der Waals surface area contributed by atoms with Crippen LogP contribution in [0, 0.1) is 12.7 Å². The van der Waals surface area contributed by atoms with Crippen LogP contribution < -0.4 is 5.32 Å². The highest BCUT2D eigenvalue weighted by Crippen LogP contribution is 2.28. The lowest BCUT2D eigenvalue weighted by Gasteiger charge is -2.38. The van der Waals surface area contributed by atoms with Gasteiger partial charge in [0.15, 0.2) is 0 Å². The van der Waals surface area contributed by atoms with Gasteiger partial charge in [-0.3, -0.25) is 4.79 Å². The molecule has 8 nitrogen and oxygen atoms in total. The zero-order valence-electron chi connectivity index (χ0n) is 17.8. The van der Waals surface area contributed by atoms with Crippen molar-refractivity contribution in [2.75, 3.05) is 6.54 Å². The molecule has 0 aliphatic carbocycles. The topological polar surface area (TPSA) is 97.2 Å². The second-order valence-corrected chi connectivity index (χ2v) is 9.57. The number of amides is 1. The summed E-state index contributed by atoms with van der Waals surface area (Å²) in [5.74, 6) is -1.07. The minimum atomic E-state index is -4.55. The van der Waals surface area contributed by atoms with Gasteiger partial charge in [-0.1, -0.05) is 0 Å². The summed E-state index contributed by atoms with van der Waals surface area (Å²) in [4.78, 5) is 15.9. The largest absolute Gasteiger partial charge is 0.433 e. The molecule has 1 aromatic carbocycles. The second kappa shape index (κ2) is 8.80. The number of rotatable bonds is 6. The standard InChI is InChI=1S/C21H19F4N5O3S/c1-13-14(12-29(28-13)16-4-7-19(26-11-16)21(23,24)25)10-27-20(31)18-8-9-30(18)34(32,33)17-5-2-15(22)3-6-17/h2-7,11-12,18H,8-10H2,1H3,(H,27,31). The van der Waals surface area contributed by atoms with Crippen molar-refractivity contribution in [2.24, 2.45) is 0 Å². The van der Waals surface area contributed by atoms with E-state index in [9.17, 15) is 30.8 Å². The summed E-state index contributed by atoms with van der Waals surface area (Å²) < 4.78 is 79.1. The van der Waals surface area contributed by atoms with Crippen molar-refractivity contribution in [2.45, 2.75) is 37.0 Å². The Morgan fingerprint density at radius 1 is 1.18 bits per heavy atom. The van der Waals surface area contributed by atoms with Crippen molar-refractivity contribution in [3.63, 3.8) is 0 Å². The zero-order valence-corrected chi connectivity index (χ0v) is 18.6. The number of carbonyl (C=O) groups excluding carboxylic acids is 1. The van der Waals surface area contributed by atoms with Crippen LogP contribution in [0.15, 0.2) is 53.7 Å². The van der Waals surface area contributed by atoms with E-state index >= 15 is 0 Å². The molecule has 1 unspecified atom stereocenters. The molecule has 1 amide bonds. The second-order valence-electron chi connectivity index (χ2n) is 7.68. The van der Waals surface area contributed by atoms with E-state index in [0.717, 1.165) is 40.8 Å². The van der Waals surface area contributed by atoms with E-state index in [4.69, 9.17) is 0 Å². The van der Waals surface area contributed by atoms with Gasteiger partial charge >= 0.3 is 6.18 Å². The summed E-state index contributed by atoms with van der Waals surface area (Å²) in [6.45, 7) is 1.87. The fourth-order valence-electron chi connectivity index (χ4n) is 3.45. The maximum atomic E-state index is 13.1. The van der Waals surface area contributed by atoms with Crippen LogP contribution in [0.1, 0.15) is 23.4 Å². The summed E-state index contributed by atoms with van der Waals surface area (Å²) in [5.41, 5.74) is 0.419. The predicted octanol–water partition coefficient (Wildman–Crippen LogP) is 2.81. The van der Waals surface area contributed by atoms with Crippen LogP contribution in [0.4, 0.5) is 17.6 Å². The van der Waals surface area contributed by atoms with E-state index in [2.05, 4.69) is 15.4 Å². The van der Waals surface area contributed by atoms with Gasteiger partial charge < -0.3 is 5.32 Å². The van der Waals surface area contributed by atoms with Gasteiger partial charge in [0.1, 0.15) is 17.6 Å². The van der Waals surface area contributed by atoms with Crippen molar-refractivity contribution in [3.8, 4) is 5.69 Å². The van der Waals surface area contributed by atoms with E-state index < -0.39 is 39.7 Å². The Balaban J connectivity index is 1.41.